The number of phenols is 1. The third kappa shape index (κ3) is 4.29. The molecule has 29 heavy (non-hydrogen) atoms. The Hall–Kier alpha value is -3.61. The fourth-order valence-corrected chi connectivity index (χ4v) is 3.43. The Bertz CT molecular complexity index is 1040. The Morgan fingerprint density at radius 1 is 0.966 bits per heavy atom. The molecule has 0 saturated carbocycles. The molecular weight excluding hydrogens is 368 g/mol. The summed E-state index contributed by atoms with van der Waals surface area (Å²) in [5, 5.41) is 9.41. The number of hydrogen-bond acceptors (Lipinski definition) is 5. The zero-order valence-corrected chi connectivity index (χ0v) is 15.9. The zero-order valence-electron chi connectivity index (χ0n) is 15.9. The van der Waals surface area contributed by atoms with Gasteiger partial charge in [-0.2, -0.15) is 0 Å². The van der Waals surface area contributed by atoms with Crippen LogP contribution in [0, 0.1) is 0 Å². The number of amides is 1. The maximum Gasteiger partial charge on any atom is 0.254 e. The van der Waals surface area contributed by atoms with E-state index in [1.54, 1.807) is 17.0 Å². The Kier molecular flexibility index (Phi) is 5.29. The molecule has 0 aliphatic carbocycles. The van der Waals surface area contributed by atoms with Gasteiger partial charge in [-0.25, -0.2) is 4.98 Å². The summed E-state index contributed by atoms with van der Waals surface area (Å²) in [5.74, 6) is 0.145. The fraction of sp³-hybridized carbons (Fsp3) is 0.227. The van der Waals surface area contributed by atoms with Crippen LogP contribution in [0.4, 0.5) is 5.69 Å². The molecule has 1 saturated heterocycles. The molecule has 4 rings (SSSR count). The highest BCUT2D eigenvalue weighted by Crippen LogP contribution is 2.20. The van der Waals surface area contributed by atoms with Crippen LogP contribution in [-0.4, -0.2) is 51.6 Å². The van der Waals surface area contributed by atoms with E-state index in [1.165, 1.54) is 17.0 Å². The highest BCUT2D eigenvalue weighted by atomic mass is 16.3. The van der Waals surface area contributed by atoms with Crippen molar-refractivity contribution < 1.29 is 9.90 Å². The summed E-state index contributed by atoms with van der Waals surface area (Å²) in [6, 6.07) is 18.0. The van der Waals surface area contributed by atoms with Gasteiger partial charge in [-0.05, 0) is 24.3 Å². The van der Waals surface area contributed by atoms with Crippen molar-refractivity contribution in [1.82, 2.24) is 14.5 Å². The lowest BCUT2D eigenvalue weighted by Crippen LogP contribution is -2.50. The second-order valence-corrected chi connectivity index (χ2v) is 6.99. The number of hydrogen-bond donors (Lipinski definition) is 1. The van der Waals surface area contributed by atoms with Gasteiger partial charge in [0, 0.05) is 43.5 Å². The Labute approximate surface area is 168 Å². The van der Waals surface area contributed by atoms with Crippen LogP contribution in [0.15, 0.2) is 71.8 Å². The number of aromatic hydroxyl groups is 1. The Balaban J connectivity index is 1.37. The zero-order chi connectivity index (χ0) is 20.2. The predicted octanol–water partition coefficient (Wildman–Crippen LogP) is 1.96. The maximum absolute atomic E-state index is 12.6. The molecule has 2 aromatic carbocycles. The van der Waals surface area contributed by atoms with Crippen LogP contribution in [0.3, 0.4) is 0 Å². The average Bonchev–Trinajstić information content (AvgIpc) is 2.76. The quantitative estimate of drug-likeness (QED) is 0.737. The molecule has 0 unspecified atom stereocenters. The van der Waals surface area contributed by atoms with E-state index in [2.05, 4.69) is 9.88 Å². The monoisotopic (exact) mass is 390 g/mol. The topological polar surface area (TPSA) is 78.7 Å². The fourth-order valence-electron chi connectivity index (χ4n) is 3.43. The molecule has 1 aliphatic heterocycles. The molecule has 1 aliphatic rings. The lowest BCUT2D eigenvalue weighted by atomic mass is 10.1. The summed E-state index contributed by atoms with van der Waals surface area (Å²) >= 11 is 0. The van der Waals surface area contributed by atoms with Crippen LogP contribution >= 0.6 is 0 Å². The van der Waals surface area contributed by atoms with Gasteiger partial charge in [-0.15, -0.1) is 0 Å². The molecule has 0 radical (unpaired) electrons. The number of carbonyl (C=O) groups is 1. The van der Waals surface area contributed by atoms with E-state index in [0.717, 1.165) is 11.3 Å². The van der Waals surface area contributed by atoms with Crippen LogP contribution < -0.4 is 10.5 Å². The van der Waals surface area contributed by atoms with E-state index in [4.69, 9.17) is 0 Å². The van der Waals surface area contributed by atoms with E-state index in [0.29, 0.717) is 31.9 Å². The van der Waals surface area contributed by atoms with Gasteiger partial charge in [0.2, 0.25) is 5.91 Å². The van der Waals surface area contributed by atoms with E-state index in [9.17, 15) is 14.7 Å². The van der Waals surface area contributed by atoms with Gasteiger partial charge >= 0.3 is 0 Å². The van der Waals surface area contributed by atoms with Crippen molar-refractivity contribution in [2.45, 2.75) is 6.54 Å². The summed E-state index contributed by atoms with van der Waals surface area (Å²) in [6.45, 7) is 2.57. The van der Waals surface area contributed by atoms with Crippen molar-refractivity contribution in [2.75, 3.05) is 31.1 Å². The van der Waals surface area contributed by atoms with Gasteiger partial charge < -0.3 is 14.9 Å². The van der Waals surface area contributed by atoms with Gasteiger partial charge in [0.1, 0.15) is 12.3 Å². The van der Waals surface area contributed by atoms with Gasteiger partial charge in [-0.3, -0.25) is 14.2 Å². The highest BCUT2D eigenvalue weighted by molar-refractivity contribution is 5.76. The highest BCUT2D eigenvalue weighted by Gasteiger charge is 2.21. The number of rotatable bonds is 4. The lowest BCUT2D eigenvalue weighted by molar-refractivity contribution is -0.132. The van der Waals surface area contributed by atoms with E-state index < -0.39 is 0 Å². The number of benzene rings is 2. The molecule has 0 atom stereocenters. The summed E-state index contributed by atoms with van der Waals surface area (Å²) < 4.78 is 1.35. The van der Waals surface area contributed by atoms with Crippen LogP contribution in [0.25, 0.3) is 11.3 Å². The summed E-state index contributed by atoms with van der Waals surface area (Å²) in [5.41, 5.74) is 2.25. The molecule has 7 nitrogen and oxygen atoms in total. The number of phenolic OH excluding ortho intramolecular Hbond substituents is 1. The van der Waals surface area contributed by atoms with Crippen LogP contribution in [-0.2, 0) is 11.3 Å². The van der Waals surface area contributed by atoms with Crippen LogP contribution in [0.2, 0.25) is 0 Å². The van der Waals surface area contributed by atoms with Crippen molar-refractivity contribution in [1.29, 1.82) is 0 Å². The normalized spacial score (nSPS) is 14.1. The molecule has 1 N–H and O–H groups in total. The first-order chi connectivity index (χ1) is 14.1. The summed E-state index contributed by atoms with van der Waals surface area (Å²) in [7, 11) is 0. The second-order valence-electron chi connectivity index (χ2n) is 6.99. The molecule has 2 heterocycles. The third-order valence-corrected chi connectivity index (χ3v) is 5.10. The first kappa shape index (κ1) is 18.7. The first-order valence-electron chi connectivity index (χ1n) is 9.54. The number of aromatic nitrogens is 2. The SMILES string of the molecule is O=C(Cn1cnc(-c2ccccc2)cc1=O)N1CCN(c2ccc(O)cc2)CC1. The molecule has 1 aromatic heterocycles. The first-order valence-corrected chi connectivity index (χ1v) is 9.54. The third-order valence-electron chi connectivity index (χ3n) is 5.10. The largest absolute Gasteiger partial charge is 0.508 e. The second kappa shape index (κ2) is 8.18. The minimum absolute atomic E-state index is 0.0138. The van der Waals surface area contributed by atoms with Crippen molar-refractivity contribution in [3.63, 3.8) is 0 Å². The Morgan fingerprint density at radius 3 is 2.31 bits per heavy atom. The van der Waals surface area contributed by atoms with E-state index in [1.807, 2.05) is 42.5 Å². The standard InChI is InChI=1S/C22H22N4O3/c27-19-8-6-18(7-9-19)24-10-12-25(13-11-24)22(29)15-26-16-23-20(14-21(26)28)17-4-2-1-3-5-17/h1-9,14,16,27H,10-13,15H2. The summed E-state index contributed by atoms with van der Waals surface area (Å²) in [6.07, 6.45) is 1.44. The van der Waals surface area contributed by atoms with Crippen molar-refractivity contribution in [2.24, 2.45) is 0 Å². The smallest absolute Gasteiger partial charge is 0.254 e. The predicted molar refractivity (Wildman–Crippen MR) is 111 cm³/mol. The van der Waals surface area contributed by atoms with Crippen molar-refractivity contribution in [3.05, 3.63) is 77.3 Å². The van der Waals surface area contributed by atoms with E-state index in [-0.39, 0.29) is 23.8 Å². The minimum atomic E-state index is -0.241. The van der Waals surface area contributed by atoms with Crippen LogP contribution in [0.1, 0.15) is 0 Å². The molecule has 7 heteroatoms. The molecular formula is C22H22N4O3. The van der Waals surface area contributed by atoms with Crippen LogP contribution in [0.5, 0.6) is 5.75 Å². The molecule has 0 spiro atoms. The molecule has 3 aromatic rings. The summed E-state index contributed by atoms with van der Waals surface area (Å²) in [4.78, 5) is 33.3. The van der Waals surface area contributed by atoms with Crippen molar-refractivity contribution >= 4 is 11.6 Å². The maximum atomic E-state index is 12.6. The average molecular weight is 390 g/mol. The number of carbonyl (C=O) groups excluding carboxylic acids is 1. The van der Waals surface area contributed by atoms with Gasteiger partial charge in [0.15, 0.2) is 0 Å². The molecule has 1 fully saturated rings. The van der Waals surface area contributed by atoms with Gasteiger partial charge in [0.05, 0.1) is 12.0 Å². The molecule has 1 amide bonds. The lowest BCUT2D eigenvalue weighted by Gasteiger charge is -2.36. The molecule has 0 bridgehead atoms. The van der Waals surface area contributed by atoms with E-state index >= 15 is 0 Å². The Morgan fingerprint density at radius 2 is 1.66 bits per heavy atom. The number of anilines is 1. The number of piperazine rings is 1. The van der Waals surface area contributed by atoms with Gasteiger partial charge in [0.25, 0.3) is 5.56 Å². The van der Waals surface area contributed by atoms with Gasteiger partial charge in [-0.1, -0.05) is 30.3 Å². The minimum Gasteiger partial charge on any atom is -0.508 e. The molecule has 148 valence electrons. The number of nitrogens with zero attached hydrogens (tertiary/aromatic N) is 4. The van der Waals surface area contributed by atoms with Crippen molar-refractivity contribution in [3.8, 4) is 17.0 Å².